The molecule has 0 bridgehead atoms. The molecule has 1 aromatic rings. The molecule has 0 aliphatic carbocycles. The number of nitrogens with one attached hydrogen (secondary N) is 3. The molecule has 0 unspecified atom stereocenters. The molecule has 1 aromatic heterocycles. The maximum atomic E-state index is 11.4. The van der Waals surface area contributed by atoms with E-state index in [1.165, 1.54) is 11.3 Å². The zero-order valence-electron chi connectivity index (χ0n) is 7.44. The Morgan fingerprint density at radius 3 is 2.67 bits per heavy atom. The highest BCUT2D eigenvalue weighted by Gasteiger charge is 2.07. The van der Waals surface area contributed by atoms with Crippen LogP contribution in [0.25, 0.3) is 0 Å². The van der Waals surface area contributed by atoms with Crippen LogP contribution in [0.3, 0.4) is 0 Å². The highest BCUT2D eigenvalue weighted by atomic mass is 32.1. The number of hydrogen-bond donors (Lipinski definition) is 4. The number of amides is 1. The normalized spacial score (nSPS) is 9.07. The molecule has 5 nitrogen and oxygen atoms in total. The Hall–Kier alpha value is -1.25. The minimum atomic E-state index is -0.271. The number of rotatable bonds is 1. The van der Waals surface area contributed by atoms with Crippen LogP contribution >= 0.6 is 35.8 Å². The molecule has 0 aromatic carbocycles. The topological polar surface area (TPSA) is 79.2 Å². The van der Waals surface area contributed by atoms with E-state index in [2.05, 4.69) is 28.4 Å². The summed E-state index contributed by atoms with van der Waals surface area (Å²) in [4.78, 5) is 12.0. The lowest BCUT2D eigenvalue weighted by atomic mass is 10.4. The monoisotopic (exact) mass is 260 g/mol. The Kier molecular flexibility index (Phi) is 4.40. The van der Waals surface area contributed by atoms with Gasteiger partial charge in [0.1, 0.15) is 0 Å². The van der Waals surface area contributed by atoms with E-state index in [0.717, 1.165) is 0 Å². The standard InChI is InChI=1S/C7H8N4OS3/c8-6(13)10-11-7(14)9-5(12)4-2-1-3-15-4/h1-3H,(H3,8,10,13)(H2,9,11,12,14). The van der Waals surface area contributed by atoms with Crippen molar-refractivity contribution in [2.24, 2.45) is 5.73 Å². The highest BCUT2D eigenvalue weighted by molar-refractivity contribution is 7.80. The summed E-state index contributed by atoms with van der Waals surface area (Å²) in [6.07, 6.45) is 0. The summed E-state index contributed by atoms with van der Waals surface area (Å²) < 4.78 is 0. The van der Waals surface area contributed by atoms with E-state index in [1.54, 1.807) is 17.5 Å². The van der Waals surface area contributed by atoms with E-state index in [4.69, 9.17) is 18.0 Å². The Bertz CT molecular complexity index is 376. The summed E-state index contributed by atoms with van der Waals surface area (Å²) in [7, 11) is 0. The number of carbonyl (C=O) groups is 1. The van der Waals surface area contributed by atoms with Gasteiger partial charge in [-0.2, -0.15) is 0 Å². The number of thiocarbonyl (C=S) groups is 2. The maximum Gasteiger partial charge on any atom is 0.267 e. The van der Waals surface area contributed by atoms with Crippen LogP contribution in [0, 0.1) is 0 Å². The first-order valence-electron chi connectivity index (χ1n) is 3.80. The Labute approximate surface area is 101 Å². The largest absolute Gasteiger partial charge is 0.375 e. The minimum Gasteiger partial charge on any atom is -0.375 e. The van der Waals surface area contributed by atoms with Crippen molar-refractivity contribution < 1.29 is 4.79 Å². The van der Waals surface area contributed by atoms with Gasteiger partial charge in [-0.05, 0) is 35.9 Å². The maximum absolute atomic E-state index is 11.4. The zero-order chi connectivity index (χ0) is 11.3. The molecule has 0 spiro atoms. The summed E-state index contributed by atoms with van der Waals surface area (Å²) in [6, 6.07) is 3.48. The van der Waals surface area contributed by atoms with Gasteiger partial charge in [-0.25, -0.2) is 0 Å². The third-order valence-electron chi connectivity index (χ3n) is 1.27. The van der Waals surface area contributed by atoms with E-state index in [0.29, 0.717) is 4.88 Å². The smallest absolute Gasteiger partial charge is 0.267 e. The molecule has 15 heavy (non-hydrogen) atoms. The van der Waals surface area contributed by atoms with Crippen molar-refractivity contribution in [1.82, 2.24) is 16.2 Å². The van der Waals surface area contributed by atoms with Gasteiger partial charge in [0, 0.05) is 0 Å². The molecule has 1 heterocycles. The molecule has 0 aliphatic heterocycles. The SMILES string of the molecule is NC(=S)NNC(=S)NC(=O)c1cccs1. The highest BCUT2D eigenvalue weighted by Crippen LogP contribution is 2.07. The molecule has 8 heteroatoms. The van der Waals surface area contributed by atoms with Crippen LogP contribution in [0.2, 0.25) is 0 Å². The molecule has 5 N–H and O–H groups in total. The van der Waals surface area contributed by atoms with E-state index in [-0.39, 0.29) is 16.1 Å². The Morgan fingerprint density at radius 2 is 2.13 bits per heavy atom. The Balaban J connectivity index is 2.39. The van der Waals surface area contributed by atoms with Gasteiger partial charge < -0.3 is 5.73 Å². The predicted molar refractivity (Wildman–Crippen MR) is 67.4 cm³/mol. The van der Waals surface area contributed by atoms with Crippen LogP contribution in [0.4, 0.5) is 0 Å². The summed E-state index contributed by atoms with van der Waals surface area (Å²) in [6.45, 7) is 0. The van der Waals surface area contributed by atoms with Crippen LogP contribution in [0.5, 0.6) is 0 Å². The summed E-state index contributed by atoms with van der Waals surface area (Å²) in [5, 5.41) is 4.41. The van der Waals surface area contributed by atoms with Crippen LogP contribution < -0.4 is 21.9 Å². The number of thiophene rings is 1. The molecule has 0 radical (unpaired) electrons. The first-order valence-corrected chi connectivity index (χ1v) is 5.49. The average molecular weight is 260 g/mol. The van der Waals surface area contributed by atoms with Gasteiger partial charge in [0.2, 0.25) is 0 Å². The van der Waals surface area contributed by atoms with Crippen LogP contribution in [-0.2, 0) is 0 Å². The van der Waals surface area contributed by atoms with Crippen molar-refractivity contribution in [3.05, 3.63) is 22.4 Å². The number of hydrogen-bond acceptors (Lipinski definition) is 4. The van der Waals surface area contributed by atoms with Crippen molar-refractivity contribution in [2.45, 2.75) is 0 Å². The quantitative estimate of drug-likeness (QED) is 0.424. The molecule has 1 rings (SSSR count). The molecular weight excluding hydrogens is 252 g/mol. The van der Waals surface area contributed by atoms with E-state index < -0.39 is 0 Å². The first kappa shape index (κ1) is 11.8. The fraction of sp³-hybridized carbons (Fsp3) is 0. The molecule has 0 aliphatic rings. The number of carbonyl (C=O) groups excluding carboxylic acids is 1. The minimum absolute atomic E-state index is 0.0442. The van der Waals surface area contributed by atoms with Gasteiger partial charge in [-0.1, -0.05) is 6.07 Å². The van der Waals surface area contributed by atoms with E-state index in [1.807, 2.05) is 0 Å². The van der Waals surface area contributed by atoms with Gasteiger partial charge in [-0.3, -0.25) is 21.0 Å². The van der Waals surface area contributed by atoms with Gasteiger partial charge in [0.15, 0.2) is 10.2 Å². The molecule has 0 saturated carbocycles. The van der Waals surface area contributed by atoms with Crippen molar-refractivity contribution in [3.63, 3.8) is 0 Å². The van der Waals surface area contributed by atoms with Crippen molar-refractivity contribution in [3.8, 4) is 0 Å². The van der Waals surface area contributed by atoms with E-state index in [9.17, 15) is 4.79 Å². The molecule has 1 amide bonds. The summed E-state index contributed by atoms with van der Waals surface area (Å²) in [5.41, 5.74) is 10.0. The average Bonchev–Trinajstić information content (AvgIpc) is 2.67. The lowest BCUT2D eigenvalue weighted by molar-refractivity contribution is 0.0980. The van der Waals surface area contributed by atoms with Crippen LogP contribution in [0.15, 0.2) is 17.5 Å². The second-order valence-electron chi connectivity index (χ2n) is 2.37. The predicted octanol–water partition coefficient (Wildman–Crippen LogP) is 0.101. The Morgan fingerprint density at radius 1 is 1.40 bits per heavy atom. The molecule has 0 fully saturated rings. The fourth-order valence-corrected chi connectivity index (χ4v) is 1.54. The lowest BCUT2D eigenvalue weighted by Crippen LogP contribution is -2.49. The fourth-order valence-electron chi connectivity index (χ4n) is 0.722. The summed E-state index contributed by atoms with van der Waals surface area (Å²) >= 11 is 10.7. The van der Waals surface area contributed by atoms with Crippen LogP contribution in [0.1, 0.15) is 9.67 Å². The first-order chi connectivity index (χ1) is 7.09. The third kappa shape index (κ3) is 4.19. The van der Waals surface area contributed by atoms with Crippen molar-refractivity contribution >= 4 is 51.9 Å². The van der Waals surface area contributed by atoms with Gasteiger partial charge >= 0.3 is 0 Å². The molecule has 80 valence electrons. The van der Waals surface area contributed by atoms with Gasteiger partial charge in [0.25, 0.3) is 5.91 Å². The number of hydrazine groups is 1. The number of nitrogens with two attached hydrogens (primary N) is 1. The van der Waals surface area contributed by atoms with Crippen molar-refractivity contribution in [1.29, 1.82) is 0 Å². The second-order valence-corrected chi connectivity index (χ2v) is 4.17. The zero-order valence-corrected chi connectivity index (χ0v) is 9.89. The van der Waals surface area contributed by atoms with Gasteiger partial charge in [0.05, 0.1) is 4.88 Å². The molecule has 0 atom stereocenters. The molecular formula is C7H8N4OS3. The van der Waals surface area contributed by atoms with Gasteiger partial charge in [-0.15, -0.1) is 11.3 Å². The van der Waals surface area contributed by atoms with E-state index >= 15 is 0 Å². The second kappa shape index (κ2) is 5.59. The van der Waals surface area contributed by atoms with Crippen molar-refractivity contribution in [2.75, 3.05) is 0 Å². The molecule has 0 saturated heterocycles. The third-order valence-corrected chi connectivity index (χ3v) is 2.45. The van der Waals surface area contributed by atoms with Crippen LogP contribution in [-0.4, -0.2) is 16.1 Å². The summed E-state index contributed by atoms with van der Waals surface area (Å²) in [5.74, 6) is -0.271. The lowest BCUT2D eigenvalue weighted by Gasteiger charge is -2.08.